The minimum atomic E-state index is -1.69. The first-order valence-electron chi connectivity index (χ1n) is 9.55. The van der Waals surface area contributed by atoms with Gasteiger partial charge in [-0.15, -0.1) is 0 Å². The van der Waals surface area contributed by atoms with Crippen molar-refractivity contribution in [1.29, 1.82) is 0 Å². The normalized spacial score (nSPS) is 13.2. The van der Waals surface area contributed by atoms with Gasteiger partial charge in [-0.05, 0) is 60.5 Å². The molecule has 3 rings (SSSR count). The van der Waals surface area contributed by atoms with Gasteiger partial charge in [0.2, 0.25) is 0 Å². The Kier molecular flexibility index (Phi) is 7.62. The van der Waals surface area contributed by atoms with E-state index in [-0.39, 0.29) is 12.5 Å². The minimum Gasteiger partial charge on any atom is -0.331 e. The Morgan fingerprint density at radius 3 is 2.10 bits per heavy atom. The molecule has 1 atom stereocenters. The number of alkyl halides is 1. The van der Waals surface area contributed by atoms with Crippen LogP contribution in [-0.4, -0.2) is 23.0 Å². The highest BCUT2D eigenvalue weighted by Gasteiger charge is 2.27. The van der Waals surface area contributed by atoms with Crippen molar-refractivity contribution in [3.8, 4) is 0 Å². The fourth-order valence-electron chi connectivity index (χ4n) is 3.05. The smallest absolute Gasteiger partial charge is 0.254 e. The second-order valence-electron chi connectivity index (χ2n) is 7.32. The summed E-state index contributed by atoms with van der Waals surface area (Å²) in [5, 5.41) is 0. The van der Waals surface area contributed by atoms with E-state index in [1.54, 1.807) is 23.1 Å². The van der Waals surface area contributed by atoms with E-state index in [2.05, 4.69) is 31.9 Å². The van der Waals surface area contributed by atoms with Gasteiger partial charge in [0.25, 0.3) is 5.91 Å². The first kappa shape index (κ1) is 22.4. The number of rotatable bonds is 7. The number of nitrogens with zero attached hydrogens (tertiary/aromatic N) is 1. The van der Waals surface area contributed by atoms with Crippen LogP contribution in [0.4, 0.5) is 4.39 Å². The molecule has 0 bridgehead atoms. The van der Waals surface area contributed by atoms with Crippen molar-refractivity contribution in [1.82, 2.24) is 4.90 Å². The van der Waals surface area contributed by atoms with Crippen molar-refractivity contribution in [2.45, 2.75) is 19.1 Å². The standard InChI is InChI=1S/C25H22Br2FNO/c1-25(28,16-15-19-7-11-22(26)12-8-19)18-29(17-20-5-3-2-4-6-20)24(30)21-9-13-23(27)14-10-21/h2-16H,17-18H2,1H3/b16-15+/t25-/m1/s1. The molecule has 1 amide bonds. The lowest BCUT2D eigenvalue weighted by Crippen LogP contribution is -2.40. The van der Waals surface area contributed by atoms with Crippen LogP contribution in [0.1, 0.15) is 28.4 Å². The van der Waals surface area contributed by atoms with Crippen LogP contribution in [0.3, 0.4) is 0 Å². The third-order valence-corrected chi connectivity index (χ3v) is 5.65. The quantitative estimate of drug-likeness (QED) is 0.314. The second kappa shape index (κ2) is 10.2. The van der Waals surface area contributed by atoms with Crippen LogP contribution in [0.2, 0.25) is 0 Å². The van der Waals surface area contributed by atoms with E-state index in [0.717, 1.165) is 20.1 Å². The zero-order valence-corrected chi connectivity index (χ0v) is 19.7. The first-order chi connectivity index (χ1) is 14.3. The summed E-state index contributed by atoms with van der Waals surface area (Å²) in [6.07, 6.45) is 3.26. The van der Waals surface area contributed by atoms with Gasteiger partial charge in [-0.1, -0.05) is 80.4 Å². The highest BCUT2D eigenvalue weighted by molar-refractivity contribution is 9.10. The number of halogens is 3. The molecule has 0 aliphatic rings. The number of hydrogen-bond donors (Lipinski definition) is 0. The van der Waals surface area contributed by atoms with E-state index >= 15 is 4.39 Å². The van der Waals surface area contributed by atoms with Crippen molar-refractivity contribution in [3.05, 3.63) is 111 Å². The Morgan fingerprint density at radius 2 is 1.50 bits per heavy atom. The Hall–Kier alpha value is -2.24. The minimum absolute atomic E-state index is 0.0518. The Labute approximate surface area is 193 Å². The lowest BCUT2D eigenvalue weighted by Gasteiger charge is -2.28. The molecule has 0 fully saturated rings. The maximum absolute atomic E-state index is 15.5. The molecular formula is C25H22Br2FNO. The third-order valence-electron chi connectivity index (χ3n) is 4.59. The summed E-state index contributed by atoms with van der Waals surface area (Å²) in [5.74, 6) is -0.202. The fourth-order valence-corrected chi connectivity index (χ4v) is 3.58. The van der Waals surface area contributed by atoms with Crippen LogP contribution in [0.15, 0.2) is 93.9 Å². The van der Waals surface area contributed by atoms with Gasteiger partial charge in [0.05, 0.1) is 6.54 Å². The van der Waals surface area contributed by atoms with Gasteiger partial charge in [0, 0.05) is 21.1 Å². The van der Waals surface area contributed by atoms with E-state index in [9.17, 15) is 4.79 Å². The number of benzene rings is 3. The zero-order valence-electron chi connectivity index (χ0n) is 16.6. The van der Waals surface area contributed by atoms with E-state index in [1.807, 2.05) is 66.7 Å². The van der Waals surface area contributed by atoms with Crippen LogP contribution in [-0.2, 0) is 6.54 Å². The Balaban J connectivity index is 1.82. The molecule has 0 aliphatic carbocycles. The largest absolute Gasteiger partial charge is 0.331 e. The van der Waals surface area contributed by atoms with E-state index in [4.69, 9.17) is 0 Å². The first-order valence-corrected chi connectivity index (χ1v) is 11.1. The molecule has 3 aromatic carbocycles. The van der Waals surface area contributed by atoms with E-state index < -0.39 is 5.67 Å². The van der Waals surface area contributed by atoms with Crippen molar-refractivity contribution in [2.75, 3.05) is 6.54 Å². The van der Waals surface area contributed by atoms with Crippen molar-refractivity contribution in [3.63, 3.8) is 0 Å². The second-order valence-corrected chi connectivity index (χ2v) is 9.15. The monoisotopic (exact) mass is 529 g/mol. The summed E-state index contributed by atoms with van der Waals surface area (Å²) in [6.45, 7) is 1.78. The van der Waals surface area contributed by atoms with Gasteiger partial charge in [-0.25, -0.2) is 4.39 Å². The molecule has 2 nitrogen and oxygen atoms in total. The van der Waals surface area contributed by atoms with Gasteiger partial charge in [0.1, 0.15) is 5.67 Å². The average Bonchev–Trinajstić information content (AvgIpc) is 2.73. The van der Waals surface area contributed by atoms with Gasteiger partial charge in [0.15, 0.2) is 0 Å². The summed E-state index contributed by atoms with van der Waals surface area (Å²) >= 11 is 6.78. The number of carbonyl (C=O) groups excluding carboxylic acids is 1. The topological polar surface area (TPSA) is 20.3 Å². The van der Waals surface area contributed by atoms with Crippen LogP contribution in [0.25, 0.3) is 6.08 Å². The van der Waals surface area contributed by atoms with E-state index in [0.29, 0.717) is 12.1 Å². The molecule has 0 radical (unpaired) electrons. The molecule has 30 heavy (non-hydrogen) atoms. The fraction of sp³-hybridized carbons (Fsp3) is 0.160. The lowest BCUT2D eigenvalue weighted by molar-refractivity contribution is 0.0648. The molecule has 5 heteroatoms. The summed E-state index contributed by atoms with van der Waals surface area (Å²) in [6, 6.07) is 24.4. The molecule has 0 N–H and O–H groups in total. The van der Waals surface area contributed by atoms with Gasteiger partial charge < -0.3 is 4.90 Å². The molecular weight excluding hydrogens is 509 g/mol. The van der Waals surface area contributed by atoms with Crippen molar-refractivity contribution >= 4 is 43.8 Å². The molecule has 0 saturated heterocycles. The van der Waals surface area contributed by atoms with Gasteiger partial charge in [-0.2, -0.15) is 0 Å². The molecule has 0 unspecified atom stereocenters. The molecule has 0 heterocycles. The molecule has 0 aromatic heterocycles. The van der Waals surface area contributed by atoms with Crippen LogP contribution in [0.5, 0.6) is 0 Å². The maximum atomic E-state index is 15.5. The van der Waals surface area contributed by atoms with Crippen LogP contribution < -0.4 is 0 Å². The van der Waals surface area contributed by atoms with Crippen molar-refractivity contribution in [2.24, 2.45) is 0 Å². The summed E-state index contributed by atoms with van der Waals surface area (Å²) in [4.78, 5) is 14.7. The SMILES string of the molecule is C[C@@](F)(/C=C/c1ccc(Br)cc1)CN(Cc1ccccc1)C(=O)c1ccc(Br)cc1. The third kappa shape index (κ3) is 6.64. The Morgan fingerprint density at radius 1 is 0.933 bits per heavy atom. The molecule has 0 saturated carbocycles. The predicted octanol–water partition coefficient (Wildman–Crippen LogP) is 7.30. The highest BCUT2D eigenvalue weighted by atomic mass is 79.9. The van der Waals surface area contributed by atoms with Crippen LogP contribution >= 0.6 is 31.9 Å². The lowest BCUT2D eigenvalue weighted by atomic mass is 10.0. The summed E-state index contributed by atoms with van der Waals surface area (Å²) in [7, 11) is 0. The number of hydrogen-bond acceptors (Lipinski definition) is 1. The zero-order chi connectivity index (χ0) is 21.6. The number of carbonyl (C=O) groups is 1. The molecule has 3 aromatic rings. The van der Waals surface area contributed by atoms with Gasteiger partial charge in [-0.3, -0.25) is 4.79 Å². The average molecular weight is 531 g/mol. The highest BCUT2D eigenvalue weighted by Crippen LogP contribution is 2.21. The van der Waals surface area contributed by atoms with E-state index in [1.165, 1.54) is 13.0 Å². The Bertz CT molecular complexity index is 1000. The predicted molar refractivity (Wildman–Crippen MR) is 128 cm³/mol. The summed E-state index contributed by atoms with van der Waals surface area (Å²) in [5.41, 5.74) is 0.695. The molecule has 0 aliphatic heterocycles. The van der Waals surface area contributed by atoms with Crippen molar-refractivity contribution < 1.29 is 9.18 Å². The summed E-state index contributed by atoms with van der Waals surface area (Å²) < 4.78 is 17.3. The van der Waals surface area contributed by atoms with Gasteiger partial charge >= 0.3 is 0 Å². The molecule has 154 valence electrons. The van der Waals surface area contributed by atoms with Crippen LogP contribution in [0, 0.1) is 0 Å². The maximum Gasteiger partial charge on any atom is 0.254 e. The number of amides is 1. The molecule has 0 spiro atoms.